The summed E-state index contributed by atoms with van der Waals surface area (Å²) < 4.78 is 5.29. The van der Waals surface area contributed by atoms with Crippen LogP contribution in [0.5, 0.6) is 0 Å². The largest absolute Gasteiger partial charge is 0.380 e. The lowest BCUT2D eigenvalue weighted by Crippen LogP contribution is -2.30. The van der Waals surface area contributed by atoms with Crippen LogP contribution in [-0.4, -0.2) is 32.1 Å². The van der Waals surface area contributed by atoms with Crippen molar-refractivity contribution >= 4 is 11.5 Å². The number of ether oxygens (including phenoxy) is 1. The number of carbonyl (C=O) groups is 1. The molecule has 3 heteroatoms. The van der Waals surface area contributed by atoms with Crippen LogP contribution in [0.1, 0.15) is 29.8 Å². The molecular weight excluding hydrogens is 214 g/mol. The maximum atomic E-state index is 11.3. The molecule has 3 nitrogen and oxygen atoms in total. The van der Waals surface area contributed by atoms with Crippen molar-refractivity contribution in [2.45, 2.75) is 26.4 Å². The van der Waals surface area contributed by atoms with Crippen LogP contribution in [0.25, 0.3) is 0 Å². The van der Waals surface area contributed by atoms with E-state index < -0.39 is 0 Å². The maximum absolute atomic E-state index is 11.3. The van der Waals surface area contributed by atoms with Gasteiger partial charge in [0.1, 0.15) is 0 Å². The van der Waals surface area contributed by atoms with E-state index in [9.17, 15) is 4.79 Å². The Hall–Kier alpha value is -1.35. The quantitative estimate of drug-likeness (QED) is 0.747. The summed E-state index contributed by atoms with van der Waals surface area (Å²) in [5.74, 6) is 0.136. The Balaban J connectivity index is 2.19. The van der Waals surface area contributed by atoms with E-state index in [4.69, 9.17) is 4.74 Å². The fourth-order valence-corrected chi connectivity index (χ4v) is 2.26. The molecule has 1 atom stereocenters. The van der Waals surface area contributed by atoms with E-state index in [2.05, 4.69) is 17.9 Å². The second-order valence-corrected chi connectivity index (χ2v) is 4.64. The highest BCUT2D eigenvalue weighted by atomic mass is 16.5. The molecule has 1 unspecified atom stereocenters. The Morgan fingerprint density at radius 1 is 1.53 bits per heavy atom. The number of nitrogens with zero attached hydrogens (tertiary/aromatic N) is 1. The molecule has 0 amide bonds. The second-order valence-electron chi connectivity index (χ2n) is 4.64. The molecule has 2 rings (SSSR count). The van der Waals surface area contributed by atoms with E-state index >= 15 is 0 Å². The molecule has 0 saturated carbocycles. The Morgan fingerprint density at radius 3 is 2.94 bits per heavy atom. The van der Waals surface area contributed by atoms with Crippen LogP contribution < -0.4 is 4.90 Å². The minimum absolute atomic E-state index is 0.136. The third-order valence-corrected chi connectivity index (χ3v) is 3.36. The number of carbonyl (C=O) groups excluding carboxylic acids is 1. The number of hydrogen-bond donors (Lipinski definition) is 0. The first-order valence-corrected chi connectivity index (χ1v) is 6.03. The SMILES string of the molecule is COC(C)CN1CCc2cc(C(C)=O)ccc21. The van der Waals surface area contributed by atoms with Gasteiger partial charge in [-0.2, -0.15) is 0 Å². The lowest BCUT2D eigenvalue weighted by atomic mass is 10.1. The van der Waals surface area contributed by atoms with Crippen LogP contribution in [0.4, 0.5) is 5.69 Å². The summed E-state index contributed by atoms with van der Waals surface area (Å²) in [6, 6.07) is 5.99. The van der Waals surface area contributed by atoms with Gasteiger partial charge in [0, 0.05) is 31.5 Å². The van der Waals surface area contributed by atoms with Gasteiger partial charge in [-0.15, -0.1) is 0 Å². The molecule has 0 fully saturated rings. The molecule has 0 bridgehead atoms. The van der Waals surface area contributed by atoms with Gasteiger partial charge >= 0.3 is 0 Å². The van der Waals surface area contributed by atoms with Gasteiger partial charge in [-0.3, -0.25) is 4.79 Å². The molecule has 1 aromatic rings. The summed E-state index contributed by atoms with van der Waals surface area (Å²) in [5.41, 5.74) is 3.34. The van der Waals surface area contributed by atoms with Gasteiger partial charge in [-0.05, 0) is 44.0 Å². The van der Waals surface area contributed by atoms with Crippen molar-refractivity contribution in [3.8, 4) is 0 Å². The first kappa shape index (κ1) is 12.1. The first-order valence-electron chi connectivity index (χ1n) is 6.03. The molecule has 0 saturated heterocycles. The number of anilines is 1. The highest BCUT2D eigenvalue weighted by Crippen LogP contribution is 2.29. The summed E-state index contributed by atoms with van der Waals surface area (Å²) in [6.45, 7) is 5.61. The molecule has 1 heterocycles. The lowest BCUT2D eigenvalue weighted by Gasteiger charge is -2.22. The minimum atomic E-state index is 0.136. The van der Waals surface area contributed by atoms with Crippen molar-refractivity contribution in [3.63, 3.8) is 0 Å². The number of ketones is 1. The Bertz CT molecular complexity index is 428. The summed E-state index contributed by atoms with van der Waals surface area (Å²) in [5, 5.41) is 0. The molecule has 92 valence electrons. The van der Waals surface area contributed by atoms with Crippen LogP contribution in [0.2, 0.25) is 0 Å². The predicted molar refractivity (Wildman–Crippen MR) is 68.8 cm³/mol. The smallest absolute Gasteiger partial charge is 0.159 e. The van der Waals surface area contributed by atoms with Gasteiger partial charge in [-0.25, -0.2) is 0 Å². The molecule has 1 aliphatic rings. The number of rotatable bonds is 4. The van der Waals surface area contributed by atoms with Crippen molar-refractivity contribution in [2.75, 3.05) is 25.1 Å². The van der Waals surface area contributed by atoms with Crippen LogP contribution in [0, 0.1) is 0 Å². The summed E-state index contributed by atoms with van der Waals surface area (Å²) in [7, 11) is 1.74. The molecule has 0 aliphatic carbocycles. The zero-order valence-corrected chi connectivity index (χ0v) is 10.7. The molecule has 0 radical (unpaired) electrons. The van der Waals surface area contributed by atoms with Crippen molar-refractivity contribution in [2.24, 2.45) is 0 Å². The molecule has 1 aromatic carbocycles. The van der Waals surface area contributed by atoms with Crippen LogP contribution in [0.3, 0.4) is 0 Å². The first-order chi connectivity index (χ1) is 8.11. The van der Waals surface area contributed by atoms with E-state index in [1.54, 1.807) is 14.0 Å². The monoisotopic (exact) mass is 233 g/mol. The van der Waals surface area contributed by atoms with Crippen molar-refractivity contribution in [1.82, 2.24) is 0 Å². The predicted octanol–water partition coefficient (Wildman–Crippen LogP) is 2.29. The third kappa shape index (κ3) is 2.50. The highest BCUT2D eigenvalue weighted by molar-refractivity contribution is 5.94. The van der Waals surface area contributed by atoms with Crippen molar-refractivity contribution < 1.29 is 9.53 Å². The topological polar surface area (TPSA) is 29.5 Å². The third-order valence-electron chi connectivity index (χ3n) is 3.36. The highest BCUT2D eigenvalue weighted by Gasteiger charge is 2.21. The number of Topliss-reactive ketones (excluding diaryl/α,β-unsaturated/α-hetero) is 1. The van der Waals surface area contributed by atoms with Gasteiger partial charge in [0.05, 0.1) is 6.10 Å². The van der Waals surface area contributed by atoms with Gasteiger partial charge in [-0.1, -0.05) is 0 Å². The zero-order valence-electron chi connectivity index (χ0n) is 10.7. The van der Waals surface area contributed by atoms with E-state index in [-0.39, 0.29) is 11.9 Å². The van der Waals surface area contributed by atoms with E-state index in [1.807, 2.05) is 12.1 Å². The summed E-state index contributed by atoms with van der Waals surface area (Å²) >= 11 is 0. The van der Waals surface area contributed by atoms with E-state index in [0.29, 0.717) is 0 Å². The van der Waals surface area contributed by atoms with Gasteiger partial charge in [0.2, 0.25) is 0 Å². The average molecular weight is 233 g/mol. The maximum Gasteiger partial charge on any atom is 0.159 e. The standard InChI is InChI=1S/C14H19NO2/c1-10(17-3)9-15-7-6-13-8-12(11(2)16)4-5-14(13)15/h4-5,8,10H,6-7,9H2,1-3H3. The molecule has 17 heavy (non-hydrogen) atoms. The molecule has 1 aliphatic heterocycles. The van der Waals surface area contributed by atoms with Crippen LogP contribution in [-0.2, 0) is 11.2 Å². The van der Waals surface area contributed by atoms with Crippen molar-refractivity contribution in [1.29, 1.82) is 0 Å². The Kier molecular flexibility index (Phi) is 3.48. The molecule has 0 spiro atoms. The molecular formula is C14H19NO2. The van der Waals surface area contributed by atoms with E-state index in [0.717, 1.165) is 25.1 Å². The van der Waals surface area contributed by atoms with Gasteiger partial charge in [0.15, 0.2) is 5.78 Å². The number of benzene rings is 1. The lowest BCUT2D eigenvalue weighted by molar-refractivity contribution is 0.101. The number of hydrogen-bond acceptors (Lipinski definition) is 3. The average Bonchev–Trinajstić information content (AvgIpc) is 2.71. The normalized spacial score (nSPS) is 15.8. The second kappa shape index (κ2) is 4.88. The Labute approximate surface area is 102 Å². The number of methoxy groups -OCH3 is 1. The van der Waals surface area contributed by atoms with Crippen molar-refractivity contribution in [3.05, 3.63) is 29.3 Å². The number of fused-ring (bicyclic) bond motifs is 1. The molecule has 0 N–H and O–H groups in total. The van der Waals surface area contributed by atoms with E-state index in [1.165, 1.54) is 11.3 Å². The van der Waals surface area contributed by atoms with Crippen LogP contribution in [0.15, 0.2) is 18.2 Å². The molecule has 0 aromatic heterocycles. The van der Waals surface area contributed by atoms with Gasteiger partial charge in [0.25, 0.3) is 0 Å². The zero-order chi connectivity index (χ0) is 12.4. The summed E-state index contributed by atoms with van der Waals surface area (Å²) in [6.07, 6.45) is 1.25. The van der Waals surface area contributed by atoms with Gasteiger partial charge < -0.3 is 9.64 Å². The fourth-order valence-electron chi connectivity index (χ4n) is 2.26. The van der Waals surface area contributed by atoms with Crippen LogP contribution >= 0.6 is 0 Å². The summed E-state index contributed by atoms with van der Waals surface area (Å²) in [4.78, 5) is 13.6. The fraction of sp³-hybridized carbons (Fsp3) is 0.500. The Morgan fingerprint density at radius 2 is 2.29 bits per heavy atom. The minimum Gasteiger partial charge on any atom is -0.380 e.